The van der Waals surface area contributed by atoms with Gasteiger partial charge >= 0.3 is 13.6 Å². The molecule has 1 aromatic heterocycles. The zero-order chi connectivity index (χ0) is 24.0. The molecule has 1 heterocycles. The summed E-state index contributed by atoms with van der Waals surface area (Å²) >= 11 is 0. The fourth-order valence-corrected chi connectivity index (χ4v) is 5.62. The molecule has 3 rings (SSSR count). The normalized spacial score (nSPS) is 14.1. The van der Waals surface area contributed by atoms with Crippen molar-refractivity contribution in [1.82, 2.24) is 5.32 Å². The van der Waals surface area contributed by atoms with Crippen LogP contribution in [0.4, 0.5) is 0 Å². The summed E-state index contributed by atoms with van der Waals surface area (Å²) in [5.41, 5.74) is 2.47. The molecule has 0 saturated carbocycles. The number of para-hydroxylation sites is 1. The molecular weight excluding hydrogens is 441 g/mol. The molecule has 2 atom stereocenters. The quantitative estimate of drug-likeness (QED) is 0.258. The molecule has 0 fully saturated rings. The highest BCUT2D eigenvalue weighted by Crippen LogP contribution is 2.52. The van der Waals surface area contributed by atoms with Gasteiger partial charge < -0.3 is 18.2 Å². The summed E-state index contributed by atoms with van der Waals surface area (Å²) in [6, 6.07) is 13.1. The lowest BCUT2D eigenvalue weighted by molar-refractivity contribution is -0.143. The number of nitrogens with one attached hydrogen (secondary N) is 1. The third-order valence-electron chi connectivity index (χ3n) is 5.91. The van der Waals surface area contributed by atoms with Crippen LogP contribution in [0.25, 0.3) is 21.9 Å². The van der Waals surface area contributed by atoms with E-state index in [1.54, 1.807) is 0 Å². The van der Waals surface area contributed by atoms with E-state index in [2.05, 4.69) is 19.2 Å². The Balaban J connectivity index is 1.86. The molecule has 0 aliphatic heterocycles. The Morgan fingerprint density at radius 3 is 2.36 bits per heavy atom. The highest BCUT2D eigenvalue weighted by Gasteiger charge is 2.37. The van der Waals surface area contributed by atoms with Crippen LogP contribution in [-0.2, 0) is 29.6 Å². The molecule has 0 bridgehead atoms. The summed E-state index contributed by atoms with van der Waals surface area (Å²) in [6.45, 7) is 4.28. The van der Waals surface area contributed by atoms with E-state index in [1.165, 1.54) is 21.3 Å². The second-order valence-corrected chi connectivity index (χ2v) is 11.1. The van der Waals surface area contributed by atoms with Gasteiger partial charge in [-0.25, -0.2) is 0 Å². The third-order valence-corrected chi connectivity index (χ3v) is 8.10. The van der Waals surface area contributed by atoms with Crippen LogP contribution < -0.4 is 5.32 Å². The molecule has 180 valence electrons. The van der Waals surface area contributed by atoms with E-state index < -0.39 is 25.4 Å². The summed E-state index contributed by atoms with van der Waals surface area (Å²) in [7, 11) is 0.621. The SMILES string of the molecule is COC(=O)[C@H](Cc1ccc2c(c1)oc1ccccc12)N[C@H](CCCC(C)C)P(=O)(OC)OC. The number of rotatable bonds is 12. The average Bonchev–Trinajstić information content (AvgIpc) is 3.19. The Kier molecular flexibility index (Phi) is 8.71. The minimum Gasteiger partial charge on any atom is -0.468 e. The smallest absolute Gasteiger partial charge is 0.346 e. The van der Waals surface area contributed by atoms with Gasteiger partial charge in [0.2, 0.25) is 0 Å². The van der Waals surface area contributed by atoms with Crippen molar-refractivity contribution >= 4 is 35.5 Å². The Morgan fingerprint density at radius 1 is 1.00 bits per heavy atom. The van der Waals surface area contributed by atoms with E-state index in [-0.39, 0.29) is 0 Å². The Hall–Kier alpha value is -2.18. The second kappa shape index (κ2) is 11.3. The maximum atomic E-state index is 13.2. The molecule has 0 saturated heterocycles. The van der Waals surface area contributed by atoms with Crippen molar-refractivity contribution in [2.24, 2.45) is 5.92 Å². The van der Waals surface area contributed by atoms with Gasteiger partial charge in [0.15, 0.2) is 0 Å². The van der Waals surface area contributed by atoms with Gasteiger partial charge in [0, 0.05) is 25.0 Å². The van der Waals surface area contributed by atoms with Crippen LogP contribution in [-0.4, -0.2) is 39.1 Å². The molecule has 7 nitrogen and oxygen atoms in total. The number of ether oxygens (including phenoxy) is 1. The maximum absolute atomic E-state index is 13.2. The first-order chi connectivity index (χ1) is 15.8. The molecule has 0 radical (unpaired) electrons. The van der Waals surface area contributed by atoms with Crippen molar-refractivity contribution in [2.45, 2.75) is 51.4 Å². The number of carbonyl (C=O) groups excluding carboxylic acids is 1. The summed E-state index contributed by atoms with van der Waals surface area (Å²) < 4.78 is 34.8. The lowest BCUT2D eigenvalue weighted by Crippen LogP contribution is -2.45. The molecule has 0 unspecified atom stereocenters. The van der Waals surface area contributed by atoms with Crippen molar-refractivity contribution < 1.29 is 27.6 Å². The lowest BCUT2D eigenvalue weighted by atomic mass is 10.0. The van der Waals surface area contributed by atoms with Crippen molar-refractivity contribution in [3.05, 3.63) is 48.0 Å². The van der Waals surface area contributed by atoms with Gasteiger partial charge in [-0.15, -0.1) is 0 Å². The van der Waals surface area contributed by atoms with Crippen LogP contribution in [0.3, 0.4) is 0 Å². The predicted octanol–water partition coefficient (Wildman–Crippen LogP) is 5.90. The highest BCUT2D eigenvalue weighted by molar-refractivity contribution is 7.54. The van der Waals surface area contributed by atoms with Gasteiger partial charge in [0.05, 0.1) is 7.11 Å². The minimum atomic E-state index is -3.46. The first-order valence-electron chi connectivity index (χ1n) is 11.3. The van der Waals surface area contributed by atoms with Gasteiger partial charge in [0.1, 0.15) is 23.0 Å². The first kappa shape index (κ1) is 25.4. The van der Waals surface area contributed by atoms with Gasteiger partial charge in [-0.3, -0.25) is 14.7 Å². The van der Waals surface area contributed by atoms with Crippen molar-refractivity contribution in [3.63, 3.8) is 0 Å². The molecule has 33 heavy (non-hydrogen) atoms. The number of esters is 1. The average molecular weight is 476 g/mol. The number of hydrogen-bond donors (Lipinski definition) is 1. The van der Waals surface area contributed by atoms with Crippen molar-refractivity contribution in [1.29, 1.82) is 0 Å². The molecule has 0 spiro atoms. The van der Waals surface area contributed by atoms with Gasteiger partial charge in [0.25, 0.3) is 0 Å². The van der Waals surface area contributed by atoms with E-state index in [9.17, 15) is 9.36 Å². The fourth-order valence-electron chi connectivity index (χ4n) is 4.10. The van der Waals surface area contributed by atoms with E-state index in [4.69, 9.17) is 18.2 Å². The van der Waals surface area contributed by atoms with E-state index in [1.807, 2.05) is 42.5 Å². The Morgan fingerprint density at radius 2 is 1.70 bits per heavy atom. The number of carbonyl (C=O) groups is 1. The summed E-state index contributed by atoms with van der Waals surface area (Å²) in [6.07, 6.45) is 2.68. The zero-order valence-corrected chi connectivity index (χ0v) is 20.9. The molecule has 0 amide bonds. The predicted molar refractivity (Wildman–Crippen MR) is 130 cm³/mol. The fraction of sp³-hybridized carbons (Fsp3) is 0.480. The van der Waals surface area contributed by atoms with Crippen LogP contribution in [0.5, 0.6) is 0 Å². The number of fused-ring (bicyclic) bond motifs is 3. The van der Waals surface area contributed by atoms with Crippen LogP contribution in [0, 0.1) is 5.92 Å². The number of hydrogen-bond acceptors (Lipinski definition) is 7. The van der Waals surface area contributed by atoms with Crippen molar-refractivity contribution in [3.8, 4) is 0 Å². The Labute approximate surface area is 195 Å². The van der Waals surface area contributed by atoms with E-state index >= 15 is 0 Å². The number of furan rings is 1. The highest BCUT2D eigenvalue weighted by atomic mass is 31.2. The lowest BCUT2D eigenvalue weighted by Gasteiger charge is -2.29. The summed E-state index contributed by atoms with van der Waals surface area (Å²) in [4.78, 5) is 12.7. The topological polar surface area (TPSA) is 87.0 Å². The van der Waals surface area contributed by atoms with Crippen molar-refractivity contribution in [2.75, 3.05) is 21.3 Å². The minimum absolute atomic E-state index is 0.341. The van der Waals surface area contributed by atoms with E-state index in [0.717, 1.165) is 40.3 Å². The molecular formula is C25H34NO6P. The molecule has 1 N–H and O–H groups in total. The van der Waals surface area contributed by atoms with E-state index in [0.29, 0.717) is 18.8 Å². The molecule has 0 aliphatic carbocycles. The maximum Gasteiger partial charge on any atom is 0.346 e. The van der Waals surface area contributed by atoms with Crippen LogP contribution in [0.15, 0.2) is 46.9 Å². The molecule has 3 aromatic rings. The standard InChI is InChI=1S/C25H34NO6P/c1-17(2)9-8-12-24(33(28,30-4)31-5)26-21(25(27)29-3)15-18-13-14-20-19-10-6-7-11-22(19)32-23(20)16-18/h6-7,10-11,13-14,16-17,21,24,26H,8-9,12,15H2,1-5H3/t21-,24-/m0/s1. The number of benzene rings is 2. The van der Waals surface area contributed by atoms with Gasteiger partial charge in [-0.05, 0) is 36.5 Å². The molecule has 8 heteroatoms. The molecule has 0 aliphatic rings. The zero-order valence-electron chi connectivity index (χ0n) is 20.0. The Bertz CT molecular complexity index is 1120. The summed E-state index contributed by atoms with van der Waals surface area (Å²) in [5.74, 6) is -0.556. The van der Waals surface area contributed by atoms with Crippen LogP contribution >= 0.6 is 7.60 Å². The monoisotopic (exact) mass is 475 g/mol. The largest absolute Gasteiger partial charge is 0.468 e. The van der Waals surface area contributed by atoms with Gasteiger partial charge in [-0.2, -0.15) is 0 Å². The van der Waals surface area contributed by atoms with Crippen LogP contribution in [0.1, 0.15) is 38.7 Å². The number of methoxy groups -OCH3 is 1. The summed E-state index contributed by atoms with van der Waals surface area (Å²) in [5, 5.41) is 5.30. The molecule has 2 aromatic carbocycles. The first-order valence-corrected chi connectivity index (χ1v) is 12.9. The second-order valence-electron chi connectivity index (χ2n) is 8.62. The van der Waals surface area contributed by atoms with Gasteiger partial charge in [-0.1, -0.05) is 57.0 Å². The third kappa shape index (κ3) is 6.04. The van der Waals surface area contributed by atoms with Crippen LogP contribution in [0.2, 0.25) is 0 Å².